The van der Waals surface area contributed by atoms with E-state index in [1.165, 1.54) is 12.8 Å². The van der Waals surface area contributed by atoms with E-state index < -0.39 is 10.4 Å². The molecule has 0 aromatic carbocycles. The molecule has 4 N–H and O–H groups in total. The summed E-state index contributed by atoms with van der Waals surface area (Å²) in [6.07, 6.45) is 9.17. The van der Waals surface area contributed by atoms with Crippen LogP contribution in [0, 0.1) is 0 Å². The number of hydrogen-bond donors (Lipinski definition) is 2. The van der Waals surface area contributed by atoms with E-state index in [1.54, 1.807) is 0 Å². The zero-order valence-corrected chi connectivity index (χ0v) is 10.5. The summed E-state index contributed by atoms with van der Waals surface area (Å²) in [6.45, 7) is 3.72. The SMILES string of the molecule is C=CCCCCCCCCOS(=O)(=O)O.N. The van der Waals surface area contributed by atoms with Gasteiger partial charge in [0, 0.05) is 0 Å². The number of allylic oxidation sites excluding steroid dienone is 1. The molecular weight excluding hydrogens is 230 g/mol. The fourth-order valence-electron chi connectivity index (χ4n) is 1.26. The Balaban J connectivity index is 0. The van der Waals surface area contributed by atoms with Gasteiger partial charge in [0.1, 0.15) is 0 Å². The van der Waals surface area contributed by atoms with Crippen LogP contribution >= 0.6 is 0 Å². The predicted molar refractivity (Wildman–Crippen MR) is 65.0 cm³/mol. The Bertz CT molecular complexity index is 252. The van der Waals surface area contributed by atoms with Crippen LogP contribution in [-0.2, 0) is 14.6 Å². The van der Waals surface area contributed by atoms with Gasteiger partial charge in [-0.2, -0.15) is 8.42 Å². The topological polar surface area (TPSA) is 98.6 Å². The van der Waals surface area contributed by atoms with E-state index in [0.29, 0.717) is 6.42 Å². The first-order valence-electron chi connectivity index (χ1n) is 5.29. The van der Waals surface area contributed by atoms with Gasteiger partial charge in [-0.05, 0) is 19.3 Å². The van der Waals surface area contributed by atoms with Gasteiger partial charge in [0.05, 0.1) is 6.61 Å². The van der Waals surface area contributed by atoms with Gasteiger partial charge in [-0.15, -0.1) is 6.58 Å². The maximum Gasteiger partial charge on any atom is 0.397 e. The van der Waals surface area contributed by atoms with Gasteiger partial charge in [-0.1, -0.05) is 31.8 Å². The average Bonchev–Trinajstić information content (AvgIpc) is 2.14. The minimum Gasteiger partial charge on any atom is -0.344 e. The van der Waals surface area contributed by atoms with Crippen molar-refractivity contribution in [3.8, 4) is 0 Å². The van der Waals surface area contributed by atoms with Crippen molar-refractivity contribution < 1.29 is 17.2 Å². The molecule has 0 rings (SSSR count). The molecule has 0 aliphatic carbocycles. The quantitative estimate of drug-likeness (QED) is 0.354. The van der Waals surface area contributed by atoms with Gasteiger partial charge >= 0.3 is 10.4 Å². The molecule has 0 radical (unpaired) electrons. The Kier molecular flexibility index (Phi) is 12.4. The molecule has 0 saturated carbocycles. The predicted octanol–water partition coefficient (Wildman–Crippen LogP) is 2.88. The lowest BCUT2D eigenvalue weighted by Crippen LogP contribution is -2.04. The number of rotatable bonds is 10. The molecule has 16 heavy (non-hydrogen) atoms. The number of unbranched alkanes of at least 4 members (excludes halogenated alkanes) is 6. The Morgan fingerprint density at radius 2 is 1.56 bits per heavy atom. The molecular formula is C10H23NO4S. The van der Waals surface area contributed by atoms with E-state index in [-0.39, 0.29) is 12.8 Å². The molecule has 6 heteroatoms. The molecule has 0 aliphatic heterocycles. The minimum absolute atomic E-state index is 0. The van der Waals surface area contributed by atoms with Crippen LogP contribution in [0.5, 0.6) is 0 Å². The molecule has 98 valence electrons. The van der Waals surface area contributed by atoms with Crippen molar-refractivity contribution in [2.45, 2.75) is 44.9 Å². The summed E-state index contributed by atoms with van der Waals surface area (Å²) in [5.74, 6) is 0. The van der Waals surface area contributed by atoms with Crippen molar-refractivity contribution in [3.63, 3.8) is 0 Å². The molecule has 0 bridgehead atoms. The summed E-state index contributed by atoms with van der Waals surface area (Å²) in [5.41, 5.74) is 0. The molecule has 0 atom stereocenters. The van der Waals surface area contributed by atoms with Crippen LogP contribution < -0.4 is 6.15 Å². The summed E-state index contributed by atoms with van der Waals surface area (Å²) in [4.78, 5) is 0. The Hall–Kier alpha value is -0.430. The van der Waals surface area contributed by atoms with Gasteiger partial charge in [0.25, 0.3) is 0 Å². The fourth-order valence-corrected chi connectivity index (χ4v) is 1.59. The largest absolute Gasteiger partial charge is 0.397 e. The lowest BCUT2D eigenvalue weighted by Gasteiger charge is -2.00. The van der Waals surface area contributed by atoms with Crippen LogP contribution in [0.3, 0.4) is 0 Å². The van der Waals surface area contributed by atoms with Gasteiger partial charge in [0.2, 0.25) is 0 Å². The first-order valence-corrected chi connectivity index (χ1v) is 6.65. The maximum absolute atomic E-state index is 10.2. The zero-order chi connectivity index (χ0) is 11.6. The van der Waals surface area contributed by atoms with E-state index in [0.717, 1.165) is 25.7 Å². The highest BCUT2D eigenvalue weighted by molar-refractivity contribution is 7.80. The summed E-state index contributed by atoms with van der Waals surface area (Å²) in [7, 11) is -4.24. The summed E-state index contributed by atoms with van der Waals surface area (Å²) < 4.78 is 32.8. The highest BCUT2D eigenvalue weighted by Gasteiger charge is 2.02. The molecule has 0 fully saturated rings. The first-order chi connectivity index (χ1) is 7.06. The van der Waals surface area contributed by atoms with Gasteiger partial charge in [-0.3, -0.25) is 4.55 Å². The van der Waals surface area contributed by atoms with Crippen molar-refractivity contribution in [3.05, 3.63) is 12.7 Å². The smallest absolute Gasteiger partial charge is 0.344 e. The molecule has 5 nitrogen and oxygen atoms in total. The minimum atomic E-state index is -4.24. The molecule has 0 spiro atoms. The molecule has 0 aromatic heterocycles. The monoisotopic (exact) mass is 253 g/mol. The summed E-state index contributed by atoms with van der Waals surface area (Å²) in [5, 5.41) is 0. The lowest BCUT2D eigenvalue weighted by molar-refractivity contribution is 0.261. The summed E-state index contributed by atoms with van der Waals surface area (Å²) in [6, 6.07) is 0. The van der Waals surface area contributed by atoms with Crippen molar-refractivity contribution in [2.75, 3.05) is 6.61 Å². The first kappa shape index (κ1) is 17.9. The zero-order valence-electron chi connectivity index (χ0n) is 9.73. The van der Waals surface area contributed by atoms with Crippen LogP contribution in [0.25, 0.3) is 0 Å². The van der Waals surface area contributed by atoms with Gasteiger partial charge in [0.15, 0.2) is 0 Å². The Labute approximate surface area is 98.4 Å². The summed E-state index contributed by atoms with van der Waals surface area (Å²) >= 11 is 0. The van der Waals surface area contributed by atoms with Gasteiger partial charge in [-0.25, -0.2) is 4.18 Å². The molecule has 0 heterocycles. The third-order valence-electron chi connectivity index (χ3n) is 2.03. The third kappa shape index (κ3) is 16.0. The molecule has 0 unspecified atom stereocenters. The standard InChI is InChI=1S/C10H20O4S.H3N/c1-2-3-4-5-6-7-8-9-10-14-15(11,12)13;/h2H,1,3-10H2,(H,11,12,13);1H3. The maximum atomic E-state index is 10.2. The highest BCUT2D eigenvalue weighted by atomic mass is 32.3. The van der Waals surface area contributed by atoms with E-state index >= 15 is 0 Å². The molecule has 0 saturated heterocycles. The van der Waals surface area contributed by atoms with Crippen molar-refractivity contribution in [1.29, 1.82) is 0 Å². The fraction of sp³-hybridized carbons (Fsp3) is 0.800. The van der Waals surface area contributed by atoms with Crippen LogP contribution in [0.4, 0.5) is 0 Å². The molecule has 0 aliphatic rings. The third-order valence-corrected chi connectivity index (χ3v) is 2.50. The average molecular weight is 253 g/mol. The second-order valence-electron chi connectivity index (χ2n) is 3.45. The second kappa shape index (κ2) is 11.1. The normalized spacial score (nSPS) is 10.8. The van der Waals surface area contributed by atoms with Crippen molar-refractivity contribution >= 4 is 10.4 Å². The second-order valence-corrected chi connectivity index (χ2v) is 4.54. The van der Waals surface area contributed by atoms with Crippen LogP contribution in [0.1, 0.15) is 44.9 Å². The number of hydrogen-bond acceptors (Lipinski definition) is 4. The lowest BCUT2D eigenvalue weighted by atomic mass is 10.1. The van der Waals surface area contributed by atoms with Gasteiger partial charge < -0.3 is 6.15 Å². The van der Waals surface area contributed by atoms with E-state index in [9.17, 15) is 8.42 Å². The van der Waals surface area contributed by atoms with E-state index in [4.69, 9.17) is 4.55 Å². The molecule has 0 aromatic rings. The van der Waals surface area contributed by atoms with E-state index in [2.05, 4.69) is 10.8 Å². The highest BCUT2D eigenvalue weighted by Crippen LogP contribution is 2.07. The van der Waals surface area contributed by atoms with E-state index in [1.807, 2.05) is 6.08 Å². The van der Waals surface area contributed by atoms with Crippen LogP contribution in [0.2, 0.25) is 0 Å². The Morgan fingerprint density at radius 3 is 2.06 bits per heavy atom. The van der Waals surface area contributed by atoms with Crippen LogP contribution in [-0.4, -0.2) is 19.6 Å². The molecule has 0 amide bonds. The van der Waals surface area contributed by atoms with Crippen LogP contribution in [0.15, 0.2) is 12.7 Å². The Morgan fingerprint density at radius 1 is 1.06 bits per heavy atom. The van der Waals surface area contributed by atoms with Crippen molar-refractivity contribution in [2.24, 2.45) is 0 Å². The van der Waals surface area contributed by atoms with Crippen molar-refractivity contribution in [1.82, 2.24) is 6.15 Å².